The van der Waals surface area contributed by atoms with Crippen LogP contribution in [0.2, 0.25) is 5.02 Å². The maximum atomic E-state index is 6.17. The minimum Gasteiger partial charge on any atom is -0.489 e. The highest BCUT2D eigenvalue weighted by atomic mass is 35.5. The quantitative estimate of drug-likeness (QED) is 0.881. The Bertz CT molecular complexity index is 368. The predicted molar refractivity (Wildman–Crippen MR) is 64.7 cm³/mol. The minimum atomic E-state index is 0.644. The van der Waals surface area contributed by atoms with Gasteiger partial charge in [-0.25, -0.2) is 0 Å². The average Bonchev–Trinajstić information content (AvgIpc) is 2.51. The second-order valence-corrected chi connectivity index (χ2v) is 4.22. The van der Waals surface area contributed by atoms with Crippen LogP contribution in [-0.4, -0.2) is 26.8 Å². The number of ether oxygens (including phenoxy) is 2. The Labute approximate surface area is 101 Å². The van der Waals surface area contributed by atoms with E-state index in [4.69, 9.17) is 21.1 Å². The molecule has 1 heterocycles. The number of halogens is 1. The van der Waals surface area contributed by atoms with Gasteiger partial charge in [-0.05, 0) is 37.7 Å². The smallest absolute Gasteiger partial charge is 0.179 e. The van der Waals surface area contributed by atoms with Crippen LogP contribution in [0.15, 0.2) is 12.1 Å². The lowest BCUT2D eigenvalue weighted by Gasteiger charge is -2.11. The summed E-state index contributed by atoms with van der Waals surface area (Å²) in [6.07, 6.45) is 1.84. The molecule has 0 aliphatic carbocycles. The molecule has 88 valence electrons. The van der Waals surface area contributed by atoms with Crippen LogP contribution < -0.4 is 14.8 Å². The summed E-state index contributed by atoms with van der Waals surface area (Å²) in [5.74, 6) is 1.46. The zero-order chi connectivity index (χ0) is 11.4. The van der Waals surface area contributed by atoms with Gasteiger partial charge < -0.3 is 14.8 Å². The molecule has 0 saturated carbocycles. The molecule has 0 saturated heterocycles. The first-order chi connectivity index (χ1) is 7.81. The number of hydrogen-bond acceptors (Lipinski definition) is 3. The van der Waals surface area contributed by atoms with E-state index in [0.29, 0.717) is 24.0 Å². The molecule has 0 amide bonds. The van der Waals surface area contributed by atoms with Crippen molar-refractivity contribution in [2.24, 2.45) is 0 Å². The van der Waals surface area contributed by atoms with Crippen LogP contribution in [0.3, 0.4) is 0 Å². The minimum absolute atomic E-state index is 0.644. The van der Waals surface area contributed by atoms with Crippen molar-refractivity contribution in [3.8, 4) is 11.5 Å². The SMILES string of the molecule is CNCCc1cc(Cl)c2c(c1)OCCCO2. The summed E-state index contributed by atoms with van der Waals surface area (Å²) in [4.78, 5) is 0. The second-order valence-electron chi connectivity index (χ2n) is 3.81. The lowest BCUT2D eigenvalue weighted by Crippen LogP contribution is -2.10. The van der Waals surface area contributed by atoms with Gasteiger partial charge in [0.2, 0.25) is 0 Å². The monoisotopic (exact) mass is 241 g/mol. The number of nitrogens with one attached hydrogen (secondary N) is 1. The fraction of sp³-hybridized carbons (Fsp3) is 0.500. The zero-order valence-electron chi connectivity index (χ0n) is 9.38. The molecule has 0 spiro atoms. The molecule has 0 atom stereocenters. The first-order valence-electron chi connectivity index (χ1n) is 5.54. The van der Waals surface area contributed by atoms with Crippen molar-refractivity contribution in [2.45, 2.75) is 12.8 Å². The molecule has 2 rings (SSSR count). The van der Waals surface area contributed by atoms with Gasteiger partial charge in [0.1, 0.15) is 0 Å². The number of fused-ring (bicyclic) bond motifs is 1. The molecule has 16 heavy (non-hydrogen) atoms. The summed E-state index contributed by atoms with van der Waals surface area (Å²) in [6.45, 7) is 2.29. The lowest BCUT2D eigenvalue weighted by molar-refractivity contribution is 0.297. The van der Waals surface area contributed by atoms with Gasteiger partial charge in [-0.1, -0.05) is 11.6 Å². The number of rotatable bonds is 3. The van der Waals surface area contributed by atoms with Crippen molar-refractivity contribution >= 4 is 11.6 Å². The van der Waals surface area contributed by atoms with E-state index < -0.39 is 0 Å². The Morgan fingerprint density at radius 2 is 2.12 bits per heavy atom. The molecule has 0 bridgehead atoms. The maximum absolute atomic E-state index is 6.17. The molecular weight excluding hydrogens is 226 g/mol. The number of likely N-dealkylation sites (N-methyl/N-ethyl adjacent to an activating group) is 1. The Balaban J connectivity index is 2.24. The molecule has 0 fully saturated rings. The van der Waals surface area contributed by atoms with E-state index in [1.807, 2.05) is 19.2 Å². The van der Waals surface area contributed by atoms with Gasteiger partial charge in [-0.15, -0.1) is 0 Å². The summed E-state index contributed by atoms with van der Waals surface area (Å²) in [5.41, 5.74) is 1.17. The molecule has 0 aromatic heterocycles. The van der Waals surface area contributed by atoms with Gasteiger partial charge in [0, 0.05) is 6.42 Å². The molecule has 0 radical (unpaired) electrons. The van der Waals surface area contributed by atoms with Gasteiger partial charge in [-0.3, -0.25) is 0 Å². The van der Waals surface area contributed by atoms with Crippen LogP contribution >= 0.6 is 11.6 Å². The van der Waals surface area contributed by atoms with E-state index in [9.17, 15) is 0 Å². The third kappa shape index (κ3) is 2.60. The van der Waals surface area contributed by atoms with Crippen molar-refractivity contribution in [1.82, 2.24) is 5.32 Å². The molecule has 3 nitrogen and oxygen atoms in total. The number of benzene rings is 1. The van der Waals surface area contributed by atoms with E-state index in [0.717, 1.165) is 25.1 Å². The highest BCUT2D eigenvalue weighted by Gasteiger charge is 2.15. The number of hydrogen-bond donors (Lipinski definition) is 1. The van der Waals surface area contributed by atoms with Gasteiger partial charge in [0.25, 0.3) is 0 Å². The Morgan fingerprint density at radius 1 is 1.31 bits per heavy atom. The maximum Gasteiger partial charge on any atom is 0.179 e. The first kappa shape index (κ1) is 11.6. The molecule has 1 aliphatic heterocycles. The first-order valence-corrected chi connectivity index (χ1v) is 5.91. The van der Waals surface area contributed by atoms with E-state index in [1.165, 1.54) is 5.56 Å². The normalized spacial score (nSPS) is 14.6. The van der Waals surface area contributed by atoms with Crippen molar-refractivity contribution < 1.29 is 9.47 Å². The van der Waals surface area contributed by atoms with Crippen molar-refractivity contribution in [3.05, 3.63) is 22.7 Å². The molecule has 1 aromatic rings. The van der Waals surface area contributed by atoms with Crippen LogP contribution in [0.25, 0.3) is 0 Å². The van der Waals surface area contributed by atoms with Crippen LogP contribution in [0.5, 0.6) is 11.5 Å². The van der Waals surface area contributed by atoms with Crippen LogP contribution in [0.1, 0.15) is 12.0 Å². The standard InChI is InChI=1S/C12H16ClNO2/c1-14-4-3-9-7-10(13)12-11(8-9)15-5-2-6-16-12/h7-8,14H,2-6H2,1H3. The molecule has 1 aromatic carbocycles. The summed E-state index contributed by atoms with van der Waals surface area (Å²) >= 11 is 6.17. The Hall–Kier alpha value is -0.930. The van der Waals surface area contributed by atoms with Gasteiger partial charge in [0.15, 0.2) is 11.5 Å². The highest BCUT2D eigenvalue weighted by molar-refractivity contribution is 6.32. The van der Waals surface area contributed by atoms with Gasteiger partial charge in [-0.2, -0.15) is 0 Å². The van der Waals surface area contributed by atoms with Crippen LogP contribution in [0, 0.1) is 0 Å². The Kier molecular flexibility index (Phi) is 3.91. The van der Waals surface area contributed by atoms with Crippen molar-refractivity contribution in [1.29, 1.82) is 0 Å². The van der Waals surface area contributed by atoms with Gasteiger partial charge in [0.05, 0.1) is 18.2 Å². The van der Waals surface area contributed by atoms with Crippen molar-refractivity contribution in [2.75, 3.05) is 26.8 Å². The largest absolute Gasteiger partial charge is 0.489 e. The summed E-state index contributed by atoms with van der Waals surface area (Å²) in [6, 6.07) is 3.97. The summed E-state index contributed by atoms with van der Waals surface area (Å²) in [5, 5.41) is 3.76. The highest BCUT2D eigenvalue weighted by Crippen LogP contribution is 2.37. The zero-order valence-corrected chi connectivity index (χ0v) is 10.1. The summed E-state index contributed by atoms with van der Waals surface area (Å²) < 4.78 is 11.2. The summed E-state index contributed by atoms with van der Waals surface area (Å²) in [7, 11) is 1.94. The van der Waals surface area contributed by atoms with Crippen molar-refractivity contribution in [3.63, 3.8) is 0 Å². The predicted octanol–water partition coefficient (Wildman–Crippen LogP) is 2.26. The molecule has 1 N–H and O–H groups in total. The lowest BCUT2D eigenvalue weighted by atomic mass is 10.1. The van der Waals surface area contributed by atoms with E-state index in [2.05, 4.69) is 5.32 Å². The Morgan fingerprint density at radius 3 is 2.94 bits per heavy atom. The average molecular weight is 242 g/mol. The van der Waals surface area contributed by atoms with E-state index in [1.54, 1.807) is 0 Å². The molecule has 0 unspecified atom stereocenters. The molecule has 4 heteroatoms. The van der Waals surface area contributed by atoms with Crippen LogP contribution in [0.4, 0.5) is 0 Å². The van der Waals surface area contributed by atoms with E-state index in [-0.39, 0.29) is 0 Å². The third-order valence-electron chi connectivity index (χ3n) is 2.53. The third-order valence-corrected chi connectivity index (χ3v) is 2.81. The van der Waals surface area contributed by atoms with Gasteiger partial charge >= 0.3 is 0 Å². The molecular formula is C12H16ClNO2. The topological polar surface area (TPSA) is 30.5 Å². The van der Waals surface area contributed by atoms with E-state index >= 15 is 0 Å². The van der Waals surface area contributed by atoms with Crippen LogP contribution in [-0.2, 0) is 6.42 Å². The fourth-order valence-corrected chi connectivity index (χ4v) is 1.99. The fourth-order valence-electron chi connectivity index (χ4n) is 1.70. The molecule has 1 aliphatic rings. The second kappa shape index (κ2) is 5.41.